The van der Waals surface area contributed by atoms with Gasteiger partial charge >= 0.3 is 0 Å². The first-order chi connectivity index (χ1) is 26.6. The largest absolute Gasteiger partial charge is 0.287 e. The number of rotatable bonds is 6. The molecule has 0 aliphatic heterocycles. The molecule has 0 bridgehead atoms. The summed E-state index contributed by atoms with van der Waals surface area (Å²) >= 11 is 0. The minimum Gasteiger partial charge on any atom is -0.287 e. The highest BCUT2D eigenvalue weighted by atomic mass is 16.1. The topological polar surface area (TPSA) is 72.8 Å². The average molecular weight is 698 g/mol. The number of nitrogens with zero attached hydrogens (tertiary/aromatic N) is 3. The van der Waals surface area contributed by atoms with E-state index in [1.807, 2.05) is 127 Å². The molecule has 7 aromatic rings. The van der Waals surface area contributed by atoms with Gasteiger partial charge in [-0.3, -0.25) is 9.59 Å². The molecule has 54 heavy (non-hydrogen) atoms. The summed E-state index contributed by atoms with van der Waals surface area (Å²) in [6.07, 6.45) is 6.31. The van der Waals surface area contributed by atoms with Gasteiger partial charge in [-0.2, -0.15) is 0 Å². The fraction of sp³-hybridized carbons (Fsp3) is 0.0816. The summed E-state index contributed by atoms with van der Waals surface area (Å²) in [4.78, 5) is 43.2. The van der Waals surface area contributed by atoms with Crippen LogP contribution in [-0.4, -0.2) is 26.5 Å². The Morgan fingerprint density at radius 3 is 1.15 bits per heavy atom. The second-order valence-electron chi connectivity index (χ2n) is 13.7. The minimum atomic E-state index is -0.0784. The molecule has 4 aromatic carbocycles. The molecule has 9 rings (SSSR count). The summed E-state index contributed by atoms with van der Waals surface area (Å²) in [6.45, 7) is 0. The van der Waals surface area contributed by atoms with Gasteiger partial charge in [0.05, 0.1) is 22.8 Å². The number of Topliss-reactive ketones (excluding diaryl/α,β-unsaturated/α-hetero) is 2. The van der Waals surface area contributed by atoms with E-state index < -0.39 is 0 Å². The van der Waals surface area contributed by atoms with E-state index in [9.17, 15) is 9.59 Å². The molecule has 0 N–H and O–H groups in total. The van der Waals surface area contributed by atoms with Gasteiger partial charge in [0.15, 0.2) is 0 Å². The number of fused-ring (bicyclic) bond motifs is 2. The highest BCUT2D eigenvalue weighted by molar-refractivity contribution is 6.14. The summed E-state index contributed by atoms with van der Waals surface area (Å²) in [5.41, 5.74) is 13.3. The number of allylic oxidation sites excluding steroid dienone is 2. The lowest BCUT2D eigenvalue weighted by atomic mass is 9.84. The van der Waals surface area contributed by atoms with E-state index in [1.165, 1.54) is 0 Å². The van der Waals surface area contributed by atoms with E-state index in [0.29, 0.717) is 59.6 Å². The van der Waals surface area contributed by atoms with Crippen LogP contribution in [0.15, 0.2) is 163 Å². The van der Waals surface area contributed by atoms with E-state index in [4.69, 9.17) is 15.0 Å². The molecular weight excluding hydrogens is 663 g/mol. The second kappa shape index (κ2) is 14.3. The third kappa shape index (κ3) is 6.41. The van der Waals surface area contributed by atoms with Crippen LogP contribution >= 0.6 is 0 Å². The van der Waals surface area contributed by atoms with E-state index in [1.54, 1.807) is 0 Å². The molecule has 2 aliphatic rings. The first-order valence-corrected chi connectivity index (χ1v) is 18.4. The Balaban J connectivity index is 1.05. The van der Waals surface area contributed by atoms with Crippen LogP contribution in [0.5, 0.6) is 0 Å². The van der Waals surface area contributed by atoms with Crippen molar-refractivity contribution in [3.8, 4) is 44.8 Å². The Morgan fingerprint density at radius 2 is 0.759 bits per heavy atom. The zero-order valence-corrected chi connectivity index (χ0v) is 29.6. The molecule has 5 nitrogen and oxygen atoms in total. The van der Waals surface area contributed by atoms with Crippen molar-refractivity contribution < 1.29 is 9.59 Å². The average Bonchev–Trinajstić information content (AvgIpc) is 3.24. The smallest absolute Gasteiger partial charge is 0.207 e. The van der Waals surface area contributed by atoms with Gasteiger partial charge in [-0.05, 0) is 95.5 Å². The van der Waals surface area contributed by atoms with Gasteiger partial charge in [-0.25, -0.2) is 15.0 Å². The summed E-state index contributed by atoms with van der Waals surface area (Å²) in [7, 11) is 0. The van der Waals surface area contributed by atoms with E-state index in [0.717, 1.165) is 55.9 Å². The highest BCUT2D eigenvalue weighted by Gasteiger charge is 2.29. The molecule has 2 aliphatic carbocycles. The number of hydrogen-bond acceptors (Lipinski definition) is 5. The number of aromatic nitrogens is 3. The first kappa shape index (κ1) is 33.0. The summed E-state index contributed by atoms with van der Waals surface area (Å²) in [5, 5.41) is 0. The number of hydrogen-bond donors (Lipinski definition) is 0. The van der Waals surface area contributed by atoms with E-state index in [-0.39, 0.29) is 11.6 Å². The maximum Gasteiger partial charge on any atom is 0.207 e. The Labute approximate surface area is 314 Å². The van der Waals surface area contributed by atoms with Gasteiger partial charge in [-0.15, -0.1) is 0 Å². The van der Waals surface area contributed by atoms with Gasteiger partial charge in [0.25, 0.3) is 0 Å². The Kier molecular flexibility index (Phi) is 8.73. The van der Waals surface area contributed by atoms with Crippen molar-refractivity contribution in [2.75, 3.05) is 0 Å². The predicted molar refractivity (Wildman–Crippen MR) is 216 cm³/mol. The van der Waals surface area contributed by atoms with Crippen LogP contribution in [0.1, 0.15) is 56.3 Å². The zero-order valence-electron chi connectivity index (χ0n) is 29.6. The van der Waals surface area contributed by atoms with Crippen molar-refractivity contribution in [2.24, 2.45) is 0 Å². The molecule has 3 aromatic heterocycles. The molecular formula is C49H35N3O2. The van der Waals surface area contributed by atoms with Gasteiger partial charge in [0.2, 0.25) is 11.6 Å². The molecule has 0 saturated heterocycles. The molecule has 5 heteroatoms. The van der Waals surface area contributed by atoms with Crippen molar-refractivity contribution in [2.45, 2.75) is 25.7 Å². The van der Waals surface area contributed by atoms with Crippen LogP contribution in [0.4, 0.5) is 0 Å². The molecule has 258 valence electrons. The van der Waals surface area contributed by atoms with Crippen LogP contribution in [0.25, 0.3) is 56.9 Å². The Bertz CT molecular complexity index is 2430. The van der Waals surface area contributed by atoms with Crippen LogP contribution in [0.2, 0.25) is 0 Å². The highest BCUT2D eigenvalue weighted by Crippen LogP contribution is 2.38. The van der Waals surface area contributed by atoms with Crippen LogP contribution in [0, 0.1) is 0 Å². The molecule has 0 unspecified atom stereocenters. The van der Waals surface area contributed by atoms with Crippen LogP contribution in [0.3, 0.4) is 0 Å². The first-order valence-electron chi connectivity index (χ1n) is 18.4. The van der Waals surface area contributed by atoms with Gasteiger partial charge < -0.3 is 0 Å². The number of carbonyl (C=O) groups is 2. The molecule has 3 heterocycles. The lowest BCUT2D eigenvalue weighted by Crippen LogP contribution is -2.18. The third-order valence-electron chi connectivity index (χ3n) is 10.3. The zero-order chi connectivity index (χ0) is 36.4. The standard InChI is InChI=1S/C49H35N3O2/c53-48-36(24-26-40-42(32-14-5-1-6-15-32)30-44(51-46(40)48)34-18-9-3-10-19-34)28-38-22-13-23-39(50-38)29-37-25-27-41-43(33-16-7-2-8-17-33)31-45(52-47(41)49(37)54)35-20-11-4-12-21-35/h1-23,28-31H,24-27H2. The monoisotopic (exact) mass is 697 g/mol. The van der Waals surface area contributed by atoms with Crippen molar-refractivity contribution in [3.63, 3.8) is 0 Å². The summed E-state index contributed by atoms with van der Waals surface area (Å²) < 4.78 is 0. The molecule has 0 fully saturated rings. The Morgan fingerprint density at radius 1 is 0.389 bits per heavy atom. The van der Waals surface area contributed by atoms with Crippen LogP contribution < -0.4 is 0 Å². The Hall–Kier alpha value is -6.85. The van der Waals surface area contributed by atoms with Crippen molar-refractivity contribution in [1.29, 1.82) is 0 Å². The molecule has 0 saturated carbocycles. The minimum absolute atomic E-state index is 0.0784. The number of benzene rings is 4. The van der Waals surface area contributed by atoms with Crippen molar-refractivity contribution in [3.05, 3.63) is 197 Å². The lowest BCUT2D eigenvalue weighted by Gasteiger charge is -2.22. The van der Waals surface area contributed by atoms with Gasteiger partial charge in [0, 0.05) is 22.3 Å². The number of pyridine rings is 3. The molecule has 0 spiro atoms. The molecule has 0 amide bonds. The maximum absolute atomic E-state index is 14.2. The summed E-state index contributed by atoms with van der Waals surface area (Å²) in [5.74, 6) is -0.157. The number of carbonyl (C=O) groups excluding carboxylic acids is 2. The second-order valence-corrected chi connectivity index (χ2v) is 13.7. The van der Waals surface area contributed by atoms with Crippen molar-refractivity contribution in [1.82, 2.24) is 15.0 Å². The van der Waals surface area contributed by atoms with Crippen molar-refractivity contribution >= 4 is 23.7 Å². The van der Waals surface area contributed by atoms with Gasteiger partial charge in [-0.1, -0.05) is 127 Å². The quantitative estimate of drug-likeness (QED) is 0.162. The fourth-order valence-electron chi connectivity index (χ4n) is 7.60. The normalized spacial score (nSPS) is 15.3. The molecule has 0 atom stereocenters. The van der Waals surface area contributed by atoms with Crippen LogP contribution in [-0.2, 0) is 12.8 Å². The van der Waals surface area contributed by atoms with E-state index in [2.05, 4.69) is 36.4 Å². The maximum atomic E-state index is 14.2. The van der Waals surface area contributed by atoms with E-state index >= 15 is 0 Å². The summed E-state index contributed by atoms with van der Waals surface area (Å²) in [6, 6.07) is 50.4. The lowest BCUT2D eigenvalue weighted by molar-refractivity contribution is 0.101. The SMILES string of the molecule is O=C1C(=Cc2cccc(C=C3CCc4c(-c5ccccc5)cc(-c5ccccc5)nc4C3=O)n2)CCc2c(-c3ccccc3)cc(-c3ccccc3)nc21. The number of ketones is 2. The molecule has 0 radical (unpaired) electrons. The van der Waals surface area contributed by atoms with Gasteiger partial charge in [0.1, 0.15) is 11.4 Å². The third-order valence-corrected chi connectivity index (χ3v) is 10.3. The fourth-order valence-corrected chi connectivity index (χ4v) is 7.60. The predicted octanol–water partition coefficient (Wildman–Crippen LogP) is 11.0.